The van der Waals surface area contributed by atoms with E-state index in [0.717, 1.165) is 24.2 Å². The van der Waals surface area contributed by atoms with Crippen molar-refractivity contribution in [2.75, 3.05) is 46.0 Å². The van der Waals surface area contributed by atoms with Crippen molar-refractivity contribution < 1.29 is 13.2 Å². The van der Waals surface area contributed by atoms with E-state index in [1.165, 1.54) is 10.6 Å². The lowest BCUT2D eigenvalue weighted by molar-refractivity contribution is -0.132. The van der Waals surface area contributed by atoms with Crippen LogP contribution >= 0.6 is 0 Å². The predicted molar refractivity (Wildman–Crippen MR) is 95.1 cm³/mol. The van der Waals surface area contributed by atoms with Gasteiger partial charge >= 0.3 is 0 Å². The van der Waals surface area contributed by atoms with Gasteiger partial charge in [0.1, 0.15) is 0 Å². The topological polar surface area (TPSA) is 60.9 Å². The number of aryl methyl sites for hydroxylation is 1. The van der Waals surface area contributed by atoms with E-state index in [0.29, 0.717) is 19.6 Å². The predicted octanol–water partition coefficient (Wildman–Crippen LogP) is 0.921. The standard InChI is InChI=1S/C17H27N3O3S/c1-15-5-4-6-16(13-15)14-20(24(3,22)23)8-7-17(21)19-11-9-18(2)10-12-19/h4-6,13H,7-12,14H2,1-3H3. The number of benzene rings is 1. The van der Waals surface area contributed by atoms with E-state index in [4.69, 9.17) is 0 Å². The highest BCUT2D eigenvalue weighted by Gasteiger charge is 2.22. The minimum Gasteiger partial charge on any atom is -0.340 e. The van der Waals surface area contributed by atoms with Crippen LogP contribution in [0.1, 0.15) is 17.5 Å². The number of hydrogen-bond donors (Lipinski definition) is 0. The summed E-state index contributed by atoms with van der Waals surface area (Å²) < 4.78 is 25.5. The maximum Gasteiger partial charge on any atom is 0.223 e. The van der Waals surface area contributed by atoms with Crippen molar-refractivity contribution in [2.45, 2.75) is 19.9 Å². The summed E-state index contributed by atoms with van der Waals surface area (Å²) in [6, 6.07) is 7.78. The number of amides is 1. The number of hydrogen-bond acceptors (Lipinski definition) is 4. The van der Waals surface area contributed by atoms with E-state index in [1.54, 1.807) is 0 Å². The molecule has 6 nitrogen and oxygen atoms in total. The second kappa shape index (κ2) is 8.09. The molecular weight excluding hydrogens is 326 g/mol. The Morgan fingerprint density at radius 2 is 1.88 bits per heavy atom. The third kappa shape index (κ3) is 5.58. The van der Waals surface area contributed by atoms with Gasteiger partial charge < -0.3 is 9.80 Å². The van der Waals surface area contributed by atoms with Gasteiger partial charge in [-0.3, -0.25) is 4.79 Å². The van der Waals surface area contributed by atoms with E-state index in [9.17, 15) is 13.2 Å². The maximum absolute atomic E-state index is 12.3. The van der Waals surface area contributed by atoms with Crippen LogP contribution in [0.25, 0.3) is 0 Å². The van der Waals surface area contributed by atoms with Gasteiger partial charge in [0.25, 0.3) is 0 Å². The number of nitrogens with zero attached hydrogens (tertiary/aromatic N) is 3. The fourth-order valence-electron chi connectivity index (χ4n) is 2.81. The number of sulfonamides is 1. The highest BCUT2D eigenvalue weighted by molar-refractivity contribution is 7.88. The SMILES string of the molecule is Cc1cccc(CN(CCC(=O)N2CCN(C)CC2)S(C)(=O)=O)c1. The molecule has 24 heavy (non-hydrogen) atoms. The lowest BCUT2D eigenvalue weighted by Gasteiger charge is -2.33. The van der Waals surface area contributed by atoms with Crippen molar-refractivity contribution in [3.05, 3.63) is 35.4 Å². The largest absolute Gasteiger partial charge is 0.340 e. The van der Waals surface area contributed by atoms with Gasteiger partial charge in [0.15, 0.2) is 0 Å². The van der Waals surface area contributed by atoms with Crippen molar-refractivity contribution in [3.63, 3.8) is 0 Å². The van der Waals surface area contributed by atoms with Crippen LogP contribution in [0.15, 0.2) is 24.3 Å². The molecule has 0 atom stereocenters. The molecule has 1 aliphatic heterocycles. The van der Waals surface area contributed by atoms with Crippen LogP contribution in [-0.4, -0.2) is 74.5 Å². The number of rotatable bonds is 6. The first kappa shape index (κ1) is 18.9. The van der Waals surface area contributed by atoms with Gasteiger partial charge in [0, 0.05) is 45.7 Å². The molecule has 2 rings (SSSR count). The lowest BCUT2D eigenvalue weighted by atomic mass is 10.1. The van der Waals surface area contributed by atoms with Gasteiger partial charge in [0.2, 0.25) is 15.9 Å². The highest BCUT2D eigenvalue weighted by Crippen LogP contribution is 2.12. The monoisotopic (exact) mass is 353 g/mol. The first-order chi connectivity index (χ1) is 11.3. The molecule has 1 aromatic rings. The Balaban J connectivity index is 1.95. The van der Waals surface area contributed by atoms with Crippen LogP contribution in [0, 0.1) is 6.92 Å². The van der Waals surface area contributed by atoms with Crippen LogP contribution in [0.4, 0.5) is 0 Å². The average Bonchev–Trinajstić information content (AvgIpc) is 2.50. The molecule has 0 bridgehead atoms. The molecule has 1 heterocycles. The zero-order valence-corrected chi connectivity index (χ0v) is 15.6. The molecule has 7 heteroatoms. The summed E-state index contributed by atoms with van der Waals surface area (Å²) in [5.41, 5.74) is 2.03. The lowest BCUT2D eigenvalue weighted by Crippen LogP contribution is -2.47. The number of piperazine rings is 1. The second-order valence-electron chi connectivity index (χ2n) is 6.52. The van der Waals surface area contributed by atoms with E-state index < -0.39 is 10.0 Å². The fourth-order valence-corrected chi connectivity index (χ4v) is 3.62. The molecule has 0 N–H and O–H groups in total. The van der Waals surface area contributed by atoms with Crippen molar-refractivity contribution in [2.24, 2.45) is 0 Å². The Kier molecular flexibility index (Phi) is 6.37. The quantitative estimate of drug-likeness (QED) is 0.763. The van der Waals surface area contributed by atoms with Crippen LogP contribution in [0.5, 0.6) is 0 Å². The Morgan fingerprint density at radius 3 is 2.46 bits per heavy atom. The number of carbonyl (C=O) groups excluding carboxylic acids is 1. The van der Waals surface area contributed by atoms with Gasteiger partial charge in [-0.2, -0.15) is 4.31 Å². The molecule has 1 amide bonds. The first-order valence-electron chi connectivity index (χ1n) is 8.22. The van der Waals surface area contributed by atoms with E-state index in [-0.39, 0.29) is 18.9 Å². The molecule has 1 aliphatic rings. The Labute approximate surface area is 145 Å². The van der Waals surface area contributed by atoms with Crippen LogP contribution in [0.2, 0.25) is 0 Å². The third-order valence-corrected chi connectivity index (χ3v) is 5.59. The van der Waals surface area contributed by atoms with Gasteiger partial charge in [-0.25, -0.2) is 8.42 Å². The maximum atomic E-state index is 12.3. The molecule has 1 aromatic carbocycles. The third-order valence-electron chi connectivity index (χ3n) is 4.34. The summed E-state index contributed by atoms with van der Waals surface area (Å²) in [5.74, 6) is 0.0287. The Morgan fingerprint density at radius 1 is 1.21 bits per heavy atom. The molecule has 0 spiro atoms. The molecule has 1 saturated heterocycles. The van der Waals surface area contributed by atoms with Crippen molar-refractivity contribution >= 4 is 15.9 Å². The molecule has 0 aromatic heterocycles. The van der Waals surface area contributed by atoms with Crippen molar-refractivity contribution in [3.8, 4) is 0 Å². The molecule has 0 unspecified atom stereocenters. The van der Waals surface area contributed by atoms with Crippen LogP contribution in [0.3, 0.4) is 0 Å². The second-order valence-corrected chi connectivity index (χ2v) is 8.50. The zero-order chi connectivity index (χ0) is 17.7. The van der Waals surface area contributed by atoms with Gasteiger partial charge in [-0.15, -0.1) is 0 Å². The molecule has 0 radical (unpaired) electrons. The van der Waals surface area contributed by atoms with Crippen molar-refractivity contribution in [1.82, 2.24) is 14.1 Å². The number of likely N-dealkylation sites (N-methyl/N-ethyl adjacent to an activating group) is 1. The Bertz CT molecular complexity index is 667. The van der Waals surface area contributed by atoms with E-state index in [2.05, 4.69) is 4.90 Å². The molecule has 134 valence electrons. The van der Waals surface area contributed by atoms with Crippen LogP contribution in [-0.2, 0) is 21.4 Å². The van der Waals surface area contributed by atoms with Gasteiger partial charge in [-0.1, -0.05) is 29.8 Å². The normalized spacial score (nSPS) is 16.6. The molecule has 0 saturated carbocycles. The smallest absolute Gasteiger partial charge is 0.223 e. The Hall–Kier alpha value is -1.44. The fraction of sp³-hybridized carbons (Fsp3) is 0.588. The minimum atomic E-state index is -3.36. The molecule has 0 aliphatic carbocycles. The zero-order valence-electron chi connectivity index (χ0n) is 14.7. The highest BCUT2D eigenvalue weighted by atomic mass is 32.2. The minimum absolute atomic E-state index is 0.0287. The molecular formula is C17H27N3O3S. The first-order valence-corrected chi connectivity index (χ1v) is 10.1. The summed E-state index contributed by atoms with van der Waals surface area (Å²) in [7, 11) is -1.32. The van der Waals surface area contributed by atoms with Crippen LogP contribution < -0.4 is 0 Å². The van der Waals surface area contributed by atoms with E-state index >= 15 is 0 Å². The summed E-state index contributed by atoms with van der Waals surface area (Å²) >= 11 is 0. The summed E-state index contributed by atoms with van der Waals surface area (Å²) in [5, 5.41) is 0. The van der Waals surface area contributed by atoms with Gasteiger partial charge in [-0.05, 0) is 19.5 Å². The summed E-state index contributed by atoms with van der Waals surface area (Å²) in [6.07, 6.45) is 1.42. The van der Waals surface area contributed by atoms with E-state index in [1.807, 2.05) is 43.1 Å². The summed E-state index contributed by atoms with van der Waals surface area (Å²) in [6.45, 7) is 5.66. The van der Waals surface area contributed by atoms with Crippen molar-refractivity contribution in [1.29, 1.82) is 0 Å². The summed E-state index contributed by atoms with van der Waals surface area (Å²) in [4.78, 5) is 16.3. The molecule has 1 fully saturated rings. The number of carbonyl (C=O) groups is 1. The van der Waals surface area contributed by atoms with Gasteiger partial charge in [0.05, 0.1) is 6.26 Å². The average molecular weight is 353 g/mol.